The van der Waals surface area contributed by atoms with Crippen LogP contribution in [0.3, 0.4) is 0 Å². The van der Waals surface area contributed by atoms with E-state index in [1.54, 1.807) is 18.3 Å². The number of rotatable bonds is 1. The molecule has 140 valence electrons. The Morgan fingerprint density at radius 1 is 1.07 bits per heavy atom. The topological polar surface area (TPSA) is 42.0 Å². The molecule has 1 aliphatic carbocycles. The predicted molar refractivity (Wildman–Crippen MR) is 109 cm³/mol. The maximum absolute atomic E-state index is 13.6. The number of benzene rings is 2. The molecule has 0 spiro atoms. The summed E-state index contributed by atoms with van der Waals surface area (Å²) in [6.45, 7) is 4.26. The zero-order valence-corrected chi connectivity index (χ0v) is 15.9. The van der Waals surface area contributed by atoms with E-state index >= 15 is 0 Å². The Kier molecular flexibility index (Phi) is 3.66. The smallest absolute Gasteiger partial charge is 0.162 e. The van der Waals surface area contributed by atoms with Crippen molar-refractivity contribution in [1.29, 1.82) is 0 Å². The Balaban J connectivity index is 1.81. The Morgan fingerprint density at radius 3 is 2.64 bits per heavy atom. The van der Waals surface area contributed by atoms with E-state index in [1.165, 1.54) is 12.1 Å². The molecule has 28 heavy (non-hydrogen) atoms. The molecule has 0 unspecified atom stereocenters. The molecule has 5 rings (SSSR count). The number of nitrogens with zero attached hydrogens (tertiary/aromatic N) is 1. The number of fused-ring (bicyclic) bond motifs is 3. The Hall–Kier alpha value is -3.01. The minimum atomic E-state index is -0.275. The van der Waals surface area contributed by atoms with E-state index in [4.69, 9.17) is 0 Å². The van der Waals surface area contributed by atoms with Crippen LogP contribution in [-0.4, -0.2) is 10.8 Å². The van der Waals surface area contributed by atoms with Gasteiger partial charge in [0.25, 0.3) is 0 Å². The van der Waals surface area contributed by atoms with Crippen LogP contribution in [0.15, 0.2) is 66.0 Å². The van der Waals surface area contributed by atoms with Gasteiger partial charge in [-0.1, -0.05) is 32.0 Å². The number of aromatic nitrogens is 1. The second kappa shape index (κ2) is 5.99. The van der Waals surface area contributed by atoms with E-state index in [-0.39, 0.29) is 22.9 Å². The summed E-state index contributed by atoms with van der Waals surface area (Å²) < 4.78 is 13.6. The van der Waals surface area contributed by atoms with Crippen LogP contribution in [0.25, 0.3) is 10.9 Å². The molecule has 1 aromatic heterocycles. The summed E-state index contributed by atoms with van der Waals surface area (Å²) in [6, 6.07) is 14.5. The third-order valence-electron chi connectivity index (χ3n) is 5.81. The molecule has 0 fully saturated rings. The monoisotopic (exact) mass is 372 g/mol. The second-order valence-corrected chi connectivity index (χ2v) is 8.54. The molecule has 3 aromatic rings. The molecule has 0 radical (unpaired) electrons. The van der Waals surface area contributed by atoms with Crippen LogP contribution < -0.4 is 5.32 Å². The number of carbonyl (C=O) groups is 1. The molecule has 0 saturated heterocycles. The first-order valence-electron chi connectivity index (χ1n) is 9.59. The summed E-state index contributed by atoms with van der Waals surface area (Å²) in [5, 5.41) is 4.56. The quantitative estimate of drug-likeness (QED) is 0.607. The lowest BCUT2D eigenvalue weighted by Gasteiger charge is -2.40. The van der Waals surface area contributed by atoms with Gasteiger partial charge in [0.1, 0.15) is 5.82 Å². The van der Waals surface area contributed by atoms with Gasteiger partial charge in [-0.15, -0.1) is 0 Å². The van der Waals surface area contributed by atoms with Gasteiger partial charge < -0.3 is 5.32 Å². The van der Waals surface area contributed by atoms with Crippen molar-refractivity contribution in [2.75, 3.05) is 5.32 Å². The molecule has 2 heterocycles. The van der Waals surface area contributed by atoms with Crippen LogP contribution in [0.2, 0.25) is 0 Å². The van der Waals surface area contributed by atoms with Crippen LogP contribution >= 0.6 is 0 Å². The first-order valence-corrected chi connectivity index (χ1v) is 9.59. The summed E-state index contributed by atoms with van der Waals surface area (Å²) in [4.78, 5) is 17.7. The molecule has 3 nitrogen and oxygen atoms in total. The van der Waals surface area contributed by atoms with Gasteiger partial charge in [-0.05, 0) is 53.3 Å². The molecule has 1 atom stereocenters. The Bertz CT molecular complexity index is 1140. The standard InChI is InChI=1S/C24H21FN2O/c1-24(2)12-19-23(20(28)13-24)21(14-5-7-15(25)8-6-14)22-16-4-3-11-26-17(16)9-10-18(22)27-19/h3-11,21,27H,12-13H2,1-2H3/t21-/m0/s1. The Morgan fingerprint density at radius 2 is 1.86 bits per heavy atom. The van der Waals surface area contributed by atoms with Gasteiger partial charge in [0.2, 0.25) is 0 Å². The van der Waals surface area contributed by atoms with Crippen LogP contribution in [0.4, 0.5) is 10.1 Å². The number of hydrogen-bond acceptors (Lipinski definition) is 3. The normalized spacial score (nSPS) is 20.5. The van der Waals surface area contributed by atoms with Crippen LogP contribution in [-0.2, 0) is 4.79 Å². The fourth-order valence-corrected chi connectivity index (χ4v) is 4.67. The van der Waals surface area contributed by atoms with Crippen LogP contribution in [0, 0.1) is 11.2 Å². The zero-order valence-electron chi connectivity index (χ0n) is 15.9. The fourth-order valence-electron chi connectivity index (χ4n) is 4.67. The van der Waals surface area contributed by atoms with Gasteiger partial charge in [0, 0.05) is 40.9 Å². The van der Waals surface area contributed by atoms with E-state index in [2.05, 4.69) is 24.1 Å². The summed E-state index contributed by atoms with van der Waals surface area (Å²) in [5.41, 5.74) is 5.60. The lowest BCUT2D eigenvalue weighted by atomic mass is 9.68. The number of allylic oxidation sites excluding steroid dienone is 2. The van der Waals surface area contributed by atoms with Crippen molar-refractivity contribution in [3.63, 3.8) is 0 Å². The van der Waals surface area contributed by atoms with Crippen molar-refractivity contribution in [1.82, 2.24) is 4.98 Å². The number of pyridine rings is 1. The SMILES string of the molecule is CC1(C)CC(=O)C2=C(C1)Nc1ccc3ncccc3c1[C@@H]2c1ccc(F)cc1. The summed E-state index contributed by atoms with van der Waals surface area (Å²) in [7, 11) is 0. The summed E-state index contributed by atoms with van der Waals surface area (Å²) in [6.07, 6.45) is 3.11. The third-order valence-corrected chi connectivity index (χ3v) is 5.81. The average molecular weight is 372 g/mol. The number of halogens is 1. The number of anilines is 1. The number of nitrogens with one attached hydrogen (secondary N) is 1. The highest BCUT2D eigenvalue weighted by molar-refractivity contribution is 6.04. The molecule has 4 heteroatoms. The average Bonchev–Trinajstić information content (AvgIpc) is 2.66. The highest BCUT2D eigenvalue weighted by atomic mass is 19.1. The highest BCUT2D eigenvalue weighted by Crippen LogP contribution is 2.50. The largest absolute Gasteiger partial charge is 0.358 e. The summed E-state index contributed by atoms with van der Waals surface area (Å²) >= 11 is 0. The van der Waals surface area contributed by atoms with Gasteiger partial charge in [0.15, 0.2) is 5.78 Å². The van der Waals surface area contributed by atoms with Crippen molar-refractivity contribution < 1.29 is 9.18 Å². The predicted octanol–water partition coefficient (Wildman–Crippen LogP) is 5.57. The van der Waals surface area contributed by atoms with Gasteiger partial charge in [0.05, 0.1) is 5.52 Å². The van der Waals surface area contributed by atoms with Crippen molar-refractivity contribution in [3.8, 4) is 0 Å². The minimum Gasteiger partial charge on any atom is -0.358 e. The fraction of sp³-hybridized carbons (Fsp3) is 0.250. The van der Waals surface area contributed by atoms with Crippen LogP contribution in [0.5, 0.6) is 0 Å². The number of hydrogen-bond donors (Lipinski definition) is 1. The molecular weight excluding hydrogens is 351 g/mol. The van der Waals surface area contributed by atoms with E-state index in [9.17, 15) is 9.18 Å². The van der Waals surface area contributed by atoms with Gasteiger partial charge >= 0.3 is 0 Å². The second-order valence-electron chi connectivity index (χ2n) is 8.54. The summed E-state index contributed by atoms with van der Waals surface area (Å²) in [5.74, 6) is -0.328. The van der Waals surface area contributed by atoms with Crippen LogP contribution in [0.1, 0.15) is 43.7 Å². The molecule has 0 saturated carbocycles. The van der Waals surface area contributed by atoms with E-state index in [1.807, 2.05) is 24.3 Å². The molecule has 0 amide bonds. The lowest BCUT2D eigenvalue weighted by molar-refractivity contribution is -0.118. The first-order chi connectivity index (χ1) is 13.4. The molecular formula is C24H21FN2O. The maximum atomic E-state index is 13.6. The van der Waals surface area contributed by atoms with Crippen molar-refractivity contribution in [2.24, 2.45) is 5.41 Å². The Labute approximate surface area is 163 Å². The third kappa shape index (κ3) is 2.63. The lowest BCUT2D eigenvalue weighted by Crippen LogP contribution is -2.33. The van der Waals surface area contributed by atoms with E-state index in [0.717, 1.165) is 45.4 Å². The highest BCUT2D eigenvalue weighted by Gasteiger charge is 2.41. The van der Waals surface area contributed by atoms with E-state index < -0.39 is 0 Å². The number of Topliss-reactive ketones (excluding diaryl/α,β-unsaturated/α-hetero) is 1. The van der Waals surface area contributed by atoms with Gasteiger partial charge in [-0.25, -0.2) is 4.39 Å². The van der Waals surface area contributed by atoms with Gasteiger partial charge in [-0.2, -0.15) is 0 Å². The maximum Gasteiger partial charge on any atom is 0.162 e. The molecule has 2 aliphatic rings. The molecule has 1 N–H and O–H groups in total. The number of carbonyl (C=O) groups excluding carboxylic acids is 1. The zero-order chi connectivity index (χ0) is 19.5. The van der Waals surface area contributed by atoms with Crippen molar-refractivity contribution >= 4 is 22.4 Å². The molecule has 2 aromatic carbocycles. The molecule has 1 aliphatic heterocycles. The van der Waals surface area contributed by atoms with Crippen molar-refractivity contribution in [3.05, 3.63) is 82.9 Å². The van der Waals surface area contributed by atoms with Gasteiger partial charge in [-0.3, -0.25) is 9.78 Å². The molecule has 0 bridgehead atoms. The number of ketones is 1. The first kappa shape index (κ1) is 17.1. The van der Waals surface area contributed by atoms with E-state index in [0.29, 0.717) is 6.42 Å². The minimum absolute atomic E-state index is 0.0772. The van der Waals surface area contributed by atoms with Crippen molar-refractivity contribution in [2.45, 2.75) is 32.6 Å².